The van der Waals surface area contributed by atoms with Crippen molar-refractivity contribution < 1.29 is 4.79 Å². The van der Waals surface area contributed by atoms with Crippen molar-refractivity contribution >= 4 is 37.8 Å². The normalized spacial score (nSPS) is 29.6. The van der Waals surface area contributed by atoms with E-state index in [1.807, 2.05) is 25.1 Å². The van der Waals surface area contributed by atoms with Crippen molar-refractivity contribution in [2.24, 2.45) is 0 Å². The predicted molar refractivity (Wildman–Crippen MR) is 83.8 cm³/mol. The smallest absolute Gasteiger partial charge is 0.254 e. The quantitative estimate of drug-likeness (QED) is 0.659. The minimum absolute atomic E-state index is 0.214. The van der Waals surface area contributed by atoms with Gasteiger partial charge in [0, 0.05) is 26.9 Å². The van der Waals surface area contributed by atoms with Crippen molar-refractivity contribution in [2.45, 2.75) is 49.5 Å². The van der Waals surface area contributed by atoms with Crippen LogP contribution in [0.1, 0.15) is 41.6 Å². The summed E-state index contributed by atoms with van der Waals surface area (Å²) in [7, 11) is 0. The number of aryl methyl sites for hydroxylation is 1. The molecule has 0 aliphatic carbocycles. The van der Waals surface area contributed by atoms with Gasteiger partial charge < -0.3 is 4.90 Å². The standard InChI is InChI=1S/C15H17Br2NO/c1-9-2-3-10(16)8-14(9)15(19)18-12-4-5-13(18)7-11(17)6-12/h2-3,8,11-13H,4-7H2,1H3. The first-order valence-electron chi connectivity index (χ1n) is 6.79. The van der Waals surface area contributed by atoms with E-state index in [1.165, 1.54) is 0 Å². The lowest BCUT2D eigenvalue weighted by Crippen LogP contribution is -2.47. The van der Waals surface area contributed by atoms with Crippen LogP contribution in [0, 0.1) is 6.92 Å². The second-order valence-corrected chi connectivity index (χ2v) is 7.84. The SMILES string of the molecule is Cc1ccc(Br)cc1C(=O)N1C2CCC1CC(Br)C2. The predicted octanol–water partition coefficient (Wildman–Crippen LogP) is 4.29. The summed E-state index contributed by atoms with van der Waals surface area (Å²) in [4.78, 5) is 15.6. The van der Waals surface area contributed by atoms with E-state index in [2.05, 4.69) is 36.8 Å². The van der Waals surface area contributed by atoms with E-state index in [-0.39, 0.29) is 5.91 Å². The Hall–Kier alpha value is -0.350. The molecule has 0 spiro atoms. The first-order chi connectivity index (χ1) is 9.06. The van der Waals surface area contributed by atoms with E-state index >= 15 is 0 Å². The van der Waals surface area contributed by atoms with Crippen molar-refractivity contribution in [3.8, 4) is 0 Å². The number of nitrogens with zero attached hydrogens (tertiary/aromatic N) is 1. The summed E-state index contributed by atoms with van der Waals surface area (Å²) in [6.45, 7) is 2.01. The van der Waals surface area contributed by atoms with Gasteiger partial charge in [-0.2, -0.15) is 0 Å². The van der Waals surface area contributed by atoms with E-state index < -0.39 is 0 Å². The summed E-state index contributed by atoms with van der Waals surface area (Å²) >= 11 is 7.19. The maximum absolute atomic E-state index is 12.8. The fraction of sp³-hybridized carbons (Fsp3) is 0.533. The third-order valence-electron chi connectivity index (χ3n) is 4.34. The number of amides is 1. The Morgan fingerprint density at radius 2 is 1.89 bits per heavy atom. The van der Waals surface area contributed by atoms with Gasteiger partial charge in [0.25, 0.3) is 5.91 Å². The topological polar surface area (TPSA) is 20.3 Å². The first-order valence-corrected chi connectivity index (χ1v) is 8.50. The number of hydrogen-bond acceptors (Lipinski definition) is 1. The molecular weight excluding hydrogens is 370 g/mol. The molecule has 2 bridgehead atoms. The van der Waals surface area contributed by atoms with E-state index in [4.69, 9.17) is 0 Å². The number of piperidine rings is 1. The van der Waals surface area contributed by atoms with E-state index in [0.29, 0.717) is 16.9 Å². The lowest BCUT2D eigenvalue weighted by Gasteiger charge is -2.37. The number of carbonyl (C=O) groups is 1. The Bertz CT molecular complexity index is 503. The van der Waals surface area contributed by atoms with E-state index in [0.717, 1.165) is 41.3 Å². The zero-order valence-electron chi connectivity index (χ0n) is 10.9. The number of carbonyl (C=O) groups excluding carboxylic acids is 1. The van der Waals surface area contributed by atoms with Crippen LogP contribution in [-0.2, 0) is 0 Å². The highest BCUT2D eigenvalue weighted by Crippen LogP contribution is 2.39. The van der Waals surface area contributed by atoms with Gasteiger partial charge in [-0.1, -0.05) is 37.9 Å². The molecule has 2 heterocycles. The summed E-state index contributed by atoms with van der Waals surface area (Å²) in [6, 6.07) is 6.81. The van der Waals surface area contributed by atoms with Crippen LogP contribution in [0.5, 0.6) is 0 Å². The van der Waals surface area contributed by atoms with Crippen molar-refractivity contribution in [3.05, 3.63) is 33.8 Å². The Morgan fingerprint density at radius 3 is 2.53 bits per heavy atom. The molecule has 2 atom stereocenters. The summed E-state index contributed by atoms with van der Waals surface area (Å²) in [5.74, 6) is 0.214. The fourth-order valence-electron chi connectivity index (χ4n) is 3.41. The average Bonchev–Trinajstić information content (AvgIpc) is 2.64. The summed E-state index contributed by atoms with van der Waals surface area (Å²) in [5.41, 5.74) is 1.91. The van der Waals surface area contributed by atoms with Crippen LogP contribution in [0.15, 0.2) is 22.7 Å². The molecule has 2 aliphatic rings. The molecule has 102 valence electrons. The second kappa shape index (κ2) is 5.21. The minimum Gasteiger partial charge on any atom is -0.333 e. The van der Waals surface area contributed by atoms with Crippen molar-refractivity contribution in [1.29, 1.82) is 0 Å². The number of hydrogen-bond donors (Lipinski definition) is 0. The summed E-state index contributed by atoms with van der Waals surface area (Å²) in [5, 5.41) is 0. The molecule has 2 saturated heterocycles. The molecule has 2 aliphatic heterocycles. The fourth-order valence-corrected chi connectivity index (χ4v) is 4.63. The molecule has 1 amide bonds. The molecule has 0 aromatic heterocycles. The van der Waals surface area contributed by atoms with Gasteiger partial charge in [-0.15, -0.1) is 0 Å². The number of fused-ring (bicyclic) bond motifs is 2. The molecule has 0 radical (unpaired) electrons. The van der Waals surface area contributed by atoms with Crippen LogP contribution in [-0.4, -0.2) is 27.7 Å². The van der Waals surface area contributed by atoms with Crippen LogP contribution in [0.4, 0.5) is 0 Å². The number of halogens is 2. The third-order valence-corrected chi connectivity index (χ3v) is 5.58. The molecule has 3 rings (SSSR count). The Kier molecular flexibility index (Phi) is 3.73. The maximum atomic E-state index is 12.8. The average molecular weight is 387 g/mol. The lowest BCUT2D eigenvalue weighted by molar-refractivity contribution is 0.0602. The minimum atomic E-state index is 0.214. The van der Waals surface area contributed by atoms with Crippen LogP contribution in [0.25, 0.3) is 0 Å². The second-order valence-electron chi connectivity index (χ2n) is 5.63. The van der Waals surface area contributed by atoms with Gasteiger partial charge in [0.2, 0.25) is 0 Å². The molecule has 0 N–H and O–H groups in total. The number of alkyl halides is 1. The van der Waals surface area contributed by atoms with Gasteiger partial charge >= 0.3 is 0 Å². The van der Waals surface area contributed by atoms with Crippen molar-refractivity contribution in [3.63, 3.8) is 0 Å². The van der Waals surface area contributed by atoms with Crippen LogP contribution >= 0.6 is 31.9 Å². The molecular formula is C15H17Br2NO. The number of rotatable bonds is 1. The van der Waals surface area contributed by atoms with Crippen LogP contribution in [0.3, 0.4) is 0 Å². The zero-order valence-corrected chi connectivity index (χ0v) is 14.1. The van der Waals surface area contributed by atoms with Gasteiger partial charge in [-0.05, 0) is 50.3 Å². The highest BCUT2D eigenvalue weighted by molar-refractivity contribution is 9.10. The summed E-state index contributed by atoms with van der Waals surface area (Å²) in [6.07, 6.45) is 4.50. The van der Waals surface area contributed by atoms with Gasteiger partial charge in [0.15, 0.2) is 0 Å². The Labute approximate surface area is 130 Å². The van der Waals surface area contributed by atoms with Crippen LogP contribution in [0.2, 0.25) is 0 Å². The Morgan fingerprint density at radius 1 is 1.26 bits per heavy atom. The van der Waals surface area contributed by atoms with Gasteiger partial charge in [0.05, 0.1) is 0 Å². The molecule has 1 aromatic carbocycles. The number of benzene rings is 1. The molecule has 2 nitrogen and oxygen atoms in total. The largest absolute Gasteiger partial charge is 0.333 e. The molecule has 2 unspecified atom stereocenters. The van der Waals surface area contributed by atoms with E-state index in [1.54, 1.807) is 0 Å². The van der Waals surface area contributed by atoms with Gasteiger partial charge in [-0.25, -0.2) is 0 Å². The third kappa shape index (κ3) is 2.49. The monoisotopic (exact) mass is 385 g/mol. The molecule has 0 saturated carbocycles. The molecule has 2 fully saturated rings. The van der Waals surface area contributed by atoms with E-state index in [9.17, 15) is 4.79 Å². The molecule has 1 aromatic rings. The lowest BCUT2D eigenvalue weighted by atomic mass is 10.00. The maximum Gasteiger partial charge on any atom is 0.254 e. The Balaban J connectivity index is 1.90. The highest BCUT2D eigenvalue weighted by atomic mass is 79.9. The zero-order chi connectivity index (χ0) is 13.6. The van der Waals surface area contributed by atoms with Crippen molar-refractivity contribution in [1.82, 2.24) is 4.90 Å². The molecule has 19 heavy (non-hydrogen) atoms. The first kappa shape index (κ1) is 13.6. The highest BCUT2D eigenvalue weighted by Gasteiger charge is 2.42. The van der Waals surface area contributed by atoms with Gasteiger partial charge in [-0.3, -0.25) is 4.79 Å². The molecule has 4 heteroatoms. The van der Waals surface area contributed by atoms with Crippen molar-refractivity contribution in [2.75, 3.05) is 0 Å². The summed E-state index contributed by atoms with van der Waals surface area (Å²) < 4.78 is 0.976. The van der Waals surface area contributed by atoms with Gasteiger partial charge in [0.1, 0.15) is 0 Å². The van der Waals surface area contributed by atoms with Crippen LogP contribution < -0.4 is 0 Å².